The predicted molar refractivity (Wildman–Crippen MR) is 98.6 cm³/mol. The van der Waals surface area contributed by atoms with Gasteiger partial charge in [0.05, 0.1) is 6.61 Å². The lowest BCUT2D eigenvalue weighted by Crippen LogP contribution is -2.50. The van der Waals surface area contributed by atoms with Crippen molar-refractivity contribution >= 4 is 18.0 Å². The van der Waals surface area contributed by atoms with E-state index in [9.17, 15) is 14.9 Å². The highest BCUT2D eigenvalue weighted by Gasteiger charge is 2.30. The van der Waals surface area contributed by atoms with Crippen molar-refractivity contribution in [2.24, 2.45) is 0 Å². The topological polar surface area (TPSA) is 101 Å². The Balaban J connectivity index is 2.17. The fraction of sp³-hybridized carbons (Fsp3) is 0.667. The van der Waals surface area contributed by atoms with Crippen LogP contribution in [0.5, 0.6) is 0 Å². The maximum Gasteiger partial charge on any atom is 0.410 e. The Bertz CT molecular complexity index is 736. The molecule has 1 amide bonds. The molecule has 9 heteroatoms. The first-order chi connectivity index (χ1) is 12.7. The smallest absolute Gasteiger partial charge is 0.410 e. The van der Waals surface area contributed by atoms with Gasteiger partial charge >= 0.3 is 12.1 Å². The molecule has 1 fully saturated rings. The zero-order valence-electron chi connectivity index (χ0n) is 16.6. The lowest BCUT2D eigenvalue weighted by Gasteiger charge is -2.36. The van der Waals surface area contributed by atoms with Crippen molar-refractivity contribution in [1.82, 2.24) is 14.5 Å². The maximum absolute atomic E-state index is 12.2. The molecule has 1 aromatic heterocycles. The second-order valence-electron chi connectivity index (χ2n) is 7.14. The predicted octanol–water partition coefficient (Wildman–Crippen LogP) is 2.01. The van der Waals surface area contributed by atoms with Gasteiger partial charge in [0.1, 0.15) is 11.7 Å². The van der Waals surface area contributed by atoms with E-state index < -0.39 is 11.6 Å². The van der Waals surface area contributed by atoms with E-state index in [4.69, 9.17) is 9.47 Å². The van der Waals surface area contributed by atoms with Gasteiger partial charge in [0, 0.05) is 32.7 Å². The Morgan fingerprint density at radius 2 is 1.81 bits per heavy atom. The van der Waals surface area contributed by atoms with Gasteiger partial charge in [-0.3, -0.25) is 0 Å². The van der Waals surface area contributed by atoms with E-state index in [0.29, 0.717) is 38.7 Å². The van der Waals surface area contributed by atoms with Crippen LogP contribution < -0.4 is 4.90 Å². The largest absolute Gasteiger partial charge is 0.461 e. The van der Waals surface area contributed by atoms with Gasteiger partial charge in [0.25, 0.3) is 0 Å². The number of nitrogens with zero attached hydrogens (tertiary/aromatic N) is 5. The highest BCUT2D eigenvalue weighted by Crippen LogP contribution is 2.22. The van der Waals surface area contributed by atoms with Crippen LogP contribution >= 0.6 is 0 Å². The second-order valence-corrected chi connectivity index (χ2v) is 7.14. The van der Waals surface area contributed by atoms with E-state index in [2.05, 4.69) is 11.1 Å². The summed E-state index contributed by atoms with van der Waals surface area (Å²) in [6.07, 6.45) is -0.342. The summed E-state index contributed by atoms with van der Waals surface area (Å²) in [5.41, 5.74) is -0.311. The van der Waals surface area contributed by atoms with Gasteiger partial charge < -0.3 is 23.8 Å². The maximum atomic E-state index is 12.2. The Labute approximate surface area is 159 Å². The van der Waals surface area contributed by atoms with Gasteiger partial charge in [-0.25, -0.2) is 14.6 Å². The number of hydrogen-bond acceptors (Lipinski definition) is 7. The van der Waals surface area contributed by atoms with Gasteiger partial charge in [-0.05, 0) is 34.6 Å². The van der Waals surface area contributed by atoms with Crippen LogP contribution in [0, 0.1) is 11.3 Å². The summed E-state index contributed by atoms with van der Waals surface area (Å²) in [7, 11) is 0. The van der Waals surface area contributed by atoms with E-state index in [0.717, 1.165) is 0 Å². The quantitative estimate of drug-likeness (QED) is 0.740. The molecule has 27 heavy (non-hydrogen) atoms. The summed E-state index contributed by atoms with van der Waals surface area (Å²) < 4.78 is 12.1. The van der Waals surface area contributed by atoms with Gasteiger partial charge in [0.15, 0.2) is 11.4 Å². The molecule has 2 rings (SSSR count). The van der Waals surface area contributed by atoms with Gasteiger partial charge in [-0.2, -0.15) is 5.26 Å². The highest BCUT2D eigenvalue weighted by molar-refractivity contribution is 5.90. The molecule has 0 unspecified atom stereocenters. The summed E-state index contributed by atoms with van der Waals surface area (Å²) in [4.78, 5) is 32.3. The molecule has 0 spiro atoms. The van der Waals surface area contributed by atoms with Gasteiger partial charge in [-0.1, -0.05) is 0 Å². The molecule has 0 atom stereocenters. The molecular formula is C18H27N5O4. The van der Waals surface area contributed by atoms with Crippen molar-refractivity contribution in [3.05, 3.63) is 11.4 Å². The second kappa shape index (κ2) is 8.29. The average molecular weight is 377 g/mol. The molecule has 0 radical (unpaired) electrons. The number of ether oxygens (including phenoxy) is 2. The zero-order valence-corrected chi connectivity index (χ0v) is 16.6. The van der Waals surface area contributed by atoms with Crippen LogP contribution in [0.1, 0.15) is 50.8 Å². The van der Waals surface area contributed by atoms with Crippen molar-refractivity contribution in [3.63, 3.8) is 0 Å². The third kappa shape index (κ3) is 4.70. The monoisotopic (exact) mass is 377 g/mol. The number of anilines is 1. The first-order valence-electron chi connectivity index (χ1n) is 9.12. The number of carbonyl (C=O) groups is 2. The number of carbonyl (C=O) groups excluding carboxylic acids is 2. The summed E-state index contributed by atoms with van der Waals surface area (Å²) in [6.45, 7) is 11.8. The third-order valence-electron chi connectivity index (χ3n) is 4.05. The Morgan fingerprint density at radius 1 is 1.19 bits per heavy atom. The molecule has 148 valence electrons. The van der Waals surface area contributed by atoms with Crippen LogP contribution in [0.2, 0.25) is 0 Å². The van der Waals surface area contributed by atoms with Crippen LogP contribution in [0.3, 0.4) is 0 Å². The zero-order chi connectivity index (χ0) is 20.2. The SMILES string of the molecule is CCOC(=O)c1nc(N2CCN(C(=O)OC(C)(C)C)CC2)n(CC)c1C#N. The van der Waals surface area contributed by atoms with Crippen molar-refractivity contribution in [3.8, 4) is 6.07 Å². The number of rotatable bonds is 4. The Hall–Kier alpha value is -2.76. The highest BCUT2D eigenvalue weighted by atomic mass is 16.6. The molecule has 1 aromatic rings. The molecule has 1 aliphatic heterocycles. The molecule has 1 aliphatic rings. The minimum atomic E-state index is -0.602. The van der Waals surface area contributed by atoms with Crippen molar-refractivity contribution in [2.75, 3.05) is 37.7 Å². The van der Waals surface area contributed by atoms with E-state index in [-0.39, 0.29) is 24.1 Å². The minimum absolute atomic E-state index is 0.0331. The fourth-order valence-electron chi connectivity index (χ4n) is 2.85. The van der Waals surface area contributed by atoms with E-state index in [1.54, 1.807) is 16.4 Å². The fourth-order valence-corrected chi connectivity index (χ4v) is 2.85. The molecule has 9 nitrogen and oxygen atoms in total. The van der Waals surface area contributed by atoms with Crippen LogP contribution in [-0.2, 0) is 16.0 Å². The number of imidazole rings is 1. The van der Waals surface area contributed by atoms with E-state index >= 15 is 0 Å². The first-order valence-corrected chi connectivity index (χ1v) is 9.12. The van der Waals surface area contributed by atoms with Gasteiger partial charge in [-0.15, -0.1) is 0 Å². The molecule has 2 heterocycles. The first kappa shape index (κ1) is 20.6. The molecule has 0 N–H and O–H groups in total. The molecule has 0 bridgehead atoms. The number of nitriles is 1. The van der Waals surface area contributed by atoms with Crippen LogP contribution in [0.15, 0.2) is 0 Å². The molecule has 0 aromatic carbocycles. The molecular weight excluding hydrogens is 350 g/mol. The lowest BCUT2D eigenvalue weighted by atomic mass is 10.2. The lowest BCUT2D eigenvalue weighted by molar-refractivity contribution is 0.0239. The summed E-state index contributed by atoms with van der Waals surface area (Å²) in [5.74, 6) is -0.0594. The third-order valence-corrected chi connectivity index (χ3v) is 4.05. The Kier molecular flexibility index (Phi) is 6.31. The number of amides is 1. The van der Waals surface area contributed by atoms with Crippen LogP contribution in [-0.4, -0.2) is 64.9 Å². The number of hydrogen-bond donors (Lipinski definition) is 0. The van der Waals surface area contributed by atoms with Crippen molar-refractivity contribution in [2.45, 2.75) is 46.8 Å². The minimum Gasteiger partial charge on any atom is -0.461 e. The number of aromatic nitrogens is 2. The van der Waals surface area contributed by atoms with Gasteiger partial charge in [0.2, 0.25) is 5.95 Å². The summed E-state index contributed by atoms with van der Waals surface area (Å²) in [6, 6.07) is 2.06. The normalized spacial score (nSPS) is 14.7. The molecule has 0 saturated carbocycles. The molecule has 1 saturated heterocycles. The number of piperazine rings is 1. The summed E-state index contributed by atoms with van der Waals surface area (Å²) >= 11 is 0. The van der Waals surface area contributed by atoms with Crippen LogP contribution in [0.25, 0.3) is 0 Å². The van der Waals surface area contributed by atoms with Crippen molar-refractivity contribution in [1.29, 1.82) is 5.26 Å². The van der Waals surface area contributed by atoms with Crippen LogP contribution in [0.4, 0.5) is 10.7 Å². The van der Waals surface area contributed by atoms with E-state index in [1.165, 1.54) is 0 Å². The number of esters is 1. The summed E-state index contributed by atoms with van der Waals surface area (Å²) in [5, 5.41) is 9.48. The van der Waals surface area contributed by atoms with E-state index in [1.807, 2.05) is 32.6 Å². The standard InChI is InChI=1S/C18H27N5O4/c1-6-23-13(12-19)14(15(24)26-7-2)20-16(23)21-8-10-22(11-9-21)17(25)27-18(3,4)5/h6-11H2,1-5H3. The average Bonchev–Trinajstić information content (AvgIpc) is 2.99. The Morgan fingerprint density at radius 3 is 2.30 bits per heavy atom. The molecule has 0 aliphatic carbocycles. The van der Waals surface area contributed by atoms with Crippen molar-refractivity contribution < 1.29 is 19.1 Å².